The van der Waals surface area contributed by atoms with Gasteiger partial charge in [0.15, 0.2) is 0 Å². The number of hydrogen-bond donors (Lipinski definition) is 2. The van der Waals surface area contributed by atoms with Crippen molar-refractivity contribution in [2.45, 2.75) is 26.3 Å². The van der Waals surface area contributed by atoms with E-state index < -0.39 is 0 Å². The Balaban J connectivity index is 2.62. The van der Waals surface area contributed by atoms with Crippen molar-refractivity contribution in [2.75, 3.05) is 20.3 Å². The summed E-state index contributed by atoms with van der Waals surface area (Å²) in [4.78, 5) is 0. The number of nitrogens with one attached hydrogen (secondary N) is 1. The Morgan fingerprint density at radius 2 is 2.18 bits per heavy atom. The fraction of sp³-hybridized carbons (Fsp3) is 0.538. The molecule has 4 heteroatoms. The molecule has 0 aliphatic rings. The fourth-order valence-corrected chi connectivity index (χ4v) is 1.90. The van der Waals surface area contributed by atoms with Gasteiger partial charge in [-0.2, -0.15) is 0 Å². The number of rotatable bonds is 6. The van der Waals surface area contributed by atoms with Crippen molar-refractivity contribution in [1.82, 2.24) is 5.32 Å². The van der Waals surface area contributed by atoms with Crippen LogP contribution in [0.4, 0.5) is 0 Å². The van der Waals surface area contributed by atoms with Gasteiger partial charge in [0.05, 0.1) is 18.7 Å². The lowest BCUT2D eigenvalue weighted by Gasteiger charge is -2.13. The Bertz CT molecular complexity index is 369. The van der Waals surface area contributed by atoms with Crippen molar-refractivity contribution in [3.05, 3.63) is 28.3 Å². The van der Waals surface area contributed by atoms with Crippen LogP contribution in [0.25, 0.3) is 0 Å². The highest BCUT2D eigenvalue weighted by Crippen LogP contribution is 2.27. The van der Waals surface area contributed by atoms with Crippen molar-refractivity contribution in [1.29, 1.82) is 0 Å². The molecule has 1 aromatic carbocycles. The van der Waals surface area contributed by atoms with E-state index in [1.807, 2.05) is 26.0 Å². The SMILES string of the molecule is COc1cc(C)c(CCNC(C)CO)cc1Cl. The first kappa shape index (κ1) is 14.3. The molecule has 0 aromatic heterocycles. The first-order valence-corrected chi connectivity index (χ1v) is 6.13. The van der Waals surface area contributed by atoms with E-state index in [2.05, 4.69) is 5.32 Å². The van der Waals surface area contributed by atoms with E-state index in [-0.39, 0.29) is 12.6 Å². The number of aliphatic hydroxyl groups excluding tert-OH is 1. The second-order valence-electron chi connectivity index (χ2n) is 4.20. The van der Waals surface area contributed by atoms with E-state index in [0.717, 1.165) is 13.0 Å². The van der Waals surface area contributed by atoms with Crippen LogP contribution in [0, 0.1) is 6.92 Å². The third kappa shape index (κ3) is 4.19. The number of aliphatic hydroxyl groups is 1. The van der Waals surface area contributed by atoms with Crippen LogP contribution in [0.1, 0.15) is 18.1 Å². The molecule has 0 aliphatic carbocycles. The van der Waals surface area contributed by atoms with Gasteiger partial charge in [0.2, 0.25) is 0 Å². The third-order valence-electron chi connectivity index (χ3n) is 2.77. The van der Waals surface area contributed by atoms with Crippen LogP contribution < -0.4 is 10.1 Å². The summed E-state index contributed by atoms with van der Waals surface area (Å²) in [5.41, 5.74) is 2.37. The van der Waals surface area contributed by atoms with Gasteiger partial charge in [-0.25, -0.2) is 0 Å². The summed E-state index contributed by atoms with van der Waals surface area (Å²) in [5.74, 6) is 0.713. The normalized spacial score (nSPS) is 12.5. The van der Waals surface area contributed by atoms with Crippen molar-refractivity contribution >= 4 is 11.6 Å². The van der Waals surface area contributed by atoms with Gasteiger partial charge in [0.25, 0.3) is 0 Å². The van der Waals surface area contributed by atoms with Gasteiger partial charge in [0, 0.05) is 6.04 Å². The molecule has 0 radical (unpaired) electrons. The second-order valence-corrected chi connectivity index (χ2v) is 4.61. The quantitative estimate of drug-likeness (QED) is 0.821. The highest BCUT2D eigenvalue weighted by Gasteiger charge is 2.06. The van der Waals surface area contributed by atoms with E-state index in [1.54, 1.807) is 7.11 Å². The lowest BCUT2D eigenvalue weighted by atomic mass is 10.1. The van der Waals surface area contributed by atoms with Crippen molar-refractivity contribution in [3.63, 3.8) is 0 Å². The van der Waals surface area contributed by atoms with Crippen molar-refractivity contribution in [3.8, 4) is 5.75 Å². The molecule has 0 saturated carbocycles. The van der Waals surface area contributed by atoms with Gasteiger partial charge < -0.3 is 15.2 Å². The highest BCUT2D eigenvalue weighted by molar-refractivity contribution is 6.32. The average Bonchev–Trinajstić information content (AvgIpc) is 2.32. The molecule has 0 amide bonds. The van der Waals surface area contributed by atoms with Crippen molar-refractivity contribution < 1.29 is 9.84 Å². The average molecular weight is 258 g/mol. The molecule has 96 valence electrons. The summed E-state index contributed by atoms with van der Waals surface area (Å²) >= 11 is 6.08. The van der Waals surface area contributed by atoms with E-state index in [1.165, 1.54) is 11.1 Å². The zero-order chi connectivity index (χ0) is 12.8. The fourth-order valence-electron chi connectivity index (χ4n) is 1.64. The number of benzene rings is 1. The maximum Gasteiger partial charge on any atom is 0.137 e. The molecule has 0 saturated heterocycles. The van der Waals surface area contributed by atoms with Gasteiger partial charge in [-0.05, 0) is 50.1 Å². The van der Waals surface area contributed by atoms with Crippen LogP contribution in [0.2, 0.25) is 5.02 Å². The van der Waals surface area contributed by atoms with Crippen LogP contribution in [-0.2, 0) is 6.42 Å². The molecule has 0 fully saturated rings. The highest BCUT2D eigenvalue weighted by atomic mass is 35.5. The number of ether oxygens (including phenoxy) is 1. The molecule has 0 bridgehead atoms. The zero-order valence-electron chi connectivity index (χ0n) is 10.6. The minimum Gasteiger partial charge on any atom is -0.495 e. The molecule has 1 aromatic rings. The van der Waals surface area contributed by atoms with Crippen LogP contribution >= 0.6 is 11.6 Å². The Hall–Kier alpha value is -0.770. The molecule has 17 heavy (non-hydrogen) atoms. The summed E-state index contributed by atoms with van der Waals surface area (Å²) in [7, 11) is 1.62. The zero-order valence-corrected chi connectivity index (χ0v) is 11.3. The smallest absolute Gasteiger partial charge is 0.137 e. The predicted octanol–water partition coefficient (Wildman–Crippen LogP) is 2.17. The lowest BCUT2D eigenvalue weighted by Crippen LogP contribution is -2.31. The molecule has 3 nitrogen and oxygen atoms in total. The van der Waals surface area contributed by atoms with Crippen LogP contribution in [0.15, 0.2) is 12.1 Å². The summed E-state index contributed by atoms with van der Waals surface area (Å²) in [6.45, 7) is 4.98. The van der Waals surface area contributed by atoms with E-state index in [0.29, 0.717) is 10.8 Å². The van der Waals surface area contributed by atoms with Gasteiger partial charge in [-0.1, -0.05) is 11.6 Å². The predicted molar refractivity (Wildman–Crippen MR) is 71.0 cm³/mol. The maximum atomic E-state index is 8.90. The van der Waals surface area contributed by atoms with Crippen LogP contribution in [0.5, 0.6) is 5.75 Å². The van der Waals surface area contributed by atoms with Crippen LogP contribution in [-0.4, -0.2) is 31.4 Å². The summed E-state index contributed by atoms with van der Waals surface area (Å²) in [6.07, 6.45) is 0.889. The number of hydrogen-bond acceptors (Lipinski definition) is 3. The second kappa shape index (κ2) is 6.84. The molecule has 0 spiro atoms. The molecule has 0 heterocycles. The monoisotopic (exact) mass is 257 g/mol. The minimum atomic E-state index is 0.129. The van der Waals surface area contributed by atoms with Gasteiger partial charge >= 0.3 is 0 Å². The number of aryl methyl sites for hydroxylation is 1. The molecular formula is C13H20ClNO2. The van der Waals surface area contributed by atoms with Gasteiger partial charge in [-0.15, -0.1) is 0 Å². The lowest BCUT2D eigenvalue weighted by molar-refractivity contribution is 0.252. The Morgan fingerprint density at radius 3 is 2.76 bits per heavy atom. The Morgan fingerprint density at radius 1 is 1.47 bits per heavy atom. The van der Waals surface area contributed by atoms with E-state index in [9.17, 15) is 0 Å². The minimum absolute atomic E-state index is 0.129. The molecular weight excluding hydrogens is 238 g/mol. The molecule has 1 atom stereocenters. The first-order chi connectivity index (χ1) is 8.08. The molecule has 1 unspecified atom stereocenters. The number of halogens is 1. The van der Waals surface area contributed by atoms with E-state index >= 15 is 0 Å². The first-order valence-electron chi connectivity index (χ1n) is 5.75. The van der Waals surface area contributed by atoms with Gasteiger partial charge in [0.1, 0.15) is 5.75 Å². The Kier molecular flexibility index (Phi) is 5.75. The van der Waals surface area contributed by atoms with Crippen molar-refractivity contribution in [2.24, 2.45) is 0 Å². The van der Waals surface area contributed by atoms with Gasteiger partial charge in [-0.3, -0.25) is 0 Å². The summed E-state index contributed by atoms with van der Waals surface area (Å²) in [5, 5.41) is 12.8. The molecule has 0 aliphatic heterocycles. The Labute approximate surface area is 108 Å². The molecule has 2 N–H and O–H groups in total. The third-order valence-corrected chi connectivity index (χ3v) is 3.07. The summed E-state index contributed by atoms with van der Waals surface area (Å²) < 4.78 is 5.16. The standard InChI is InChI=1S/C13H20ClNO2/c1-9-6-13(17-3)12(14)7-11(9)4-5-15-10(2)8-16/h6-7,10,15-16H,4-5,8H2,1-3H3. The topological polar surface area (TPSA) is 41.5 Å². The molecule has 1 rings (SSSR count). The van der Waals surface area contributed by atoms with E-state index in [4.69, 9.17) is 21.4 Å². The van der Waals surface area contributed by atoms with Crippen LogP contribution in [0.3, 0.4) is 0 Å². The summed E-state index contributed by atoms with van der Waals surface area (Å²) in [6, 6.07) is 4.03. The number of methoxy groups -OCH3 is 1. The maximum absolute atomic E-state index is 8.90. The largest absolute Gasteiger partial charge is 0.495 e.